The molecule has 0 aliphatic carbocycles. The van der Waals surface area contributed by atoms with E-state index >= 15 is 0 Å². The molecule has 0 saturated heterocycles. The minimum atomic E-state index is 0.597. The van der Waals surface area contributed by atoms with Crippen molar-refractivity contribution in [1.82, 2.24) is 5.32 Å². The van der Waals surface area contributed by atoms with Crippen LogP contribution in [0.3, 0.4) is 0 Å². The van der Waals surface area contributed by atoms with Crippen molar-refractivity contribution in [3.05, 3.63) is 35.9 Å². The number of rotatable bonds is 6. The van der Waals surface area contributed by atoms with Crippen molar-refractivity contribution < 1.29 is 5.32 Å². The van der Waals surface area contributed by atoms with Crippen LogP contribution in [0, 0.1) is 0 Å². The van der Waals surface area contributed by atoms with Gasteiger partial charge in [-0.2, -0.15) is 0 Å². The molecule has 2 heteroatoms. The van der Waals surface area contributed by atoms with E-state index in [1.807, 2.05) is 0 Å². The smallest absolute Gasteiger partial charge is 0.101 e. The van der Waals surface area contributed by atoms with E-state index in [0.29, 0.717) is 6.04 Å². The van der Waals surface area contributed by atoms with E-state index in [9.17, 15) is 0 Å². The van der Waals surface area contributed by atoms with Crippen molar-refractivity contribution in [3.8, 4) is 0 Å². The molecular formula is C12H21N2+. The van der Waals surface area contributed by atoms with E-state index in [0.717, 1.165) is 19.6 Å². The highest BCUT2D eigenvalue weighted by Crippen LogP contribution is 1.93. The topological polar surface area (TPSA) is 28.6 Å². The quantitative estimate of drug-likeness (QED) is 0.641. The van der Waals surface area contributed by atoms with E-state index in [4.69, 9.17) is 0 Å². The molecule has 0 unspecified atom stereocenters. The fourth-order valence-corrected chi connectivity index (χ4v) is 1.36. The largest absolute Gasteiger partial charge is 0.341 e. The van der Waals surface area contributed by atoms with Gasteiger partial charge in [-0.3, -0.25) is 0 Å². The van der Waals surface area contributed by atoms with E-state index in [2.05, 4.69) is 54.8 Å². The van der Waals surface area contributed by atoms with Gasteiger partial charge in [-0.25, -0.2) is 0 Å². The summed E-state index contributed by atoms with van der Waals surface area (Å²) in [6, 6.07) is 11.2. The Morgan fingerprint density at radius 2 is 1.93 bits per heavy atom. The van der Waals surface area contributed by atoms with Crippen LogP contribution in [0.25, 0.3) is 0 Å². The molecule has 78 valence electrons. The van der Waals surface area contributed by atoms with E-state index < -0.39 is 0 Å². The highest BCUT2D eigenvalue weighted by molar-refractivity contribution is 5.12. The number of hydrogen-bond donors (Lipinski definition) is 2. The van der Waals surface area contributed by atoms with Crippen LogP contribution >= 0.6 is 0 Å². The zero-order valence-corrected chi connectivity index (χ0v) is 9.16. The van der Waals surface area contributed by atoms with Gasteiger partial charge in [0.1, 0.15) is 6.54 Å². The molecule has 1 aromatic rings. The molecule has 0 atom stereocenters. The average Bonchev–Trinajstić information content (AvgIpc) is 2.18. The molecule has 0 spiro atoms. The molecule has 0 aliphatic rings. The monoisotopic (exact) mass is 193 g/mol. The van der Waals surface area contributed by atoms with Crippen LogP contribution in [0.1, 0.15) is 19.4 Å². The number of nitrogens with two attached hydrogens (primary N) is 1. The van der Waals surface area contributed by atoms with Gasteiger partial charge in [0.25, 0.3) is 0 Å². The van der Waals surface area contributed by atoms with Crippen LogP contribution in [0.4, 0.5) is 0 Å². The van der Waals surface area contributed by atoms with Crippen LogP contribution in [0.5, 0.6) is 0 Å². The molecule has 0 heterocycles. The van der Waals surface area contributed by atoms with Gasteiger partial charge >= 0.3 is 0 Å². The Bertz CT molecular complexity index is 231. The summed E-state index contributed by atoms with van der Waals surface area (Å²) < 4.78 is 0. The first-order chi connectivity index (χ1) is 6.79. The van der Waals surface area contributed by atoms with Gasteiger partial charge in [0, 0.05) is 18.2 Å². The van der Waals surface area contributed by atoms with Crippen molar-refractivity contribution >= 4 is 0 Å². The lowest BCUT2D eigenvalue weighted by molar-refractivity contribution is -0.669. The predicted molar refractivity (Wildman–Crippen MR) is 60.1 cm³/mol. The summed E-state index contributed by atoms with van der Waals surface area (Å²) in [6.45, 7) is 7.67. The van der Waals surface area contributed by atoms with Gasteiger partial charge in [-0.05, 0) is 0 Å². The summed E-state index contributed by atoms with van der Waals surface area (Å²) in [4.78, 5) is 0. The lowest BCUT2D eigenvalue weighted by Gasteiger charge is -2.06. The molecule has 0 fully saturated rings. The van der Waals surface area contributed by atoms with Crippen molar-refractivity contribution in [1.29, 1.82) is 0 Å². The normalized spacial score (nSPS) is 10.8. The number of hydrogen-bond acceptors (Lipinski definition) is 1. The van der Waals surface area contributed by atoms with Crippen molar-refractivity contribution in [2.45, 2.75) is 26.4 Å². The molecule has 1 rings (SSSR count). The van der Waals surface area contributed by atoms with Crippen LogP contribution < -0.4 is 10.6 Å². The minimum Gasteiger partial charge on any atom is -0.341 e. The standard InChI is InChI=1S/C12H20N2/c1-11(2)14-9-8-13-10-12-6-4-3-5-7-12/h3-7,11,13-14H,8-10H2,1-2H3/p+1. The van der Waals surface area contributed by atoms with Crippen molar-refractivity contribution in [2.75, 3.05) is 13.1 Å². The molecule has 0 aliphatic heterocycles. The zero-order valence-electron chi connectivity index (χ0n) is 9.16. The third kappa shape index (κ3) is 5.00. The Hall–Kier alpha value is -0.860. The fourth-order valence-electron chi connectivity index (χ4n) is 1.36. The first-order valence-corrected chi connectivity index (χ1v) is 5.38. The second kappa shape index (κ2) is 6.57. The van der Waals surface area contributed by atoms with Crippen LogP contribution in [0.15, 0.2) is 30.3 Å². The van der Waals surface area contributed by atoms with Gasteiger partial charge in [0.15, 0.2) is 0 Å². The Balaban J connectivity index is 2.05. The van der Waals surface area contributed by atoms with Gasteiger partial charge in [0.05, 0.1) is 6.54 Å². The second-order valence-electron chi connectivity index (χ2n) is 3.88. The lowest BCUT2D eigenvalue weighted by atomic mass is 10.2. The molecule has 14 heavy (non-hydrogen) atoms. The highest BCUT2D eigenvalue weighted by atomic mass is 15.0. The maximum absolute atomic E-state index is 3.40. The molecule has 1 aromatic carbocycles. The molecule has 3 N–H and O–H groups in total. The van der Waals surface area contributed by atoms with Gasteiger partial charge < -0.3 is 10.6 Å². The number of benzene rings is 1. The second-order valence-corrected chi connectivity index (χ2v) is 3.88. The molecule has 0 radical (unpaired) electrons. The van der Waals surface area contributed by atoms with Gasteiger partial charge in [-0.1, -0.05) is 44.2 Å². The summed E-state index contributed by atoms with van der Waals surface area (Å²) >= 11 is 0. The minimum absolute atomic E-state index is 0.597. The summed E-state index contributed by atoms with van der Waals surface area (Å²) in [7, 11) is 0. The van der Waals surface area contributed by atoms with Crippen molar-refractivity contribution in [3.63, 3.8) is 0 Å². The highest BCUT2D eigenvalue weighted by Gasteiger charge is 1.95. The molecule has 0 amide bonds. The number of nitrogens with one attached hydrogen (secondary N) is 1. The maximum Gasteiger partial charge on any atom is 0.101 e. The van der Waals surface area contributed by atoms with Gasteiger partial charge in [0.2, 0.25) is 0 Å². The summed E-state index contributed by atoms with van der Waals surface area (Å²) in [5.41, 5.74) is 1.40. The van der Waals surface area contributed by atoms with E-state index in [-0.39, 0.29) is 0 Å². The van der Waals surface area contributed by atoms with Crippen LogP contribution in [-0.4, -0.2) is 19.1 Å². The number of quaternary nitrogens is 1. The third-order valence-electron chi connectivity index (χ3n) is 2.12. The summed E-state index contributed by atoms with van der Waals surface area (Å²) in [5, 5.41) is 5.74. The fraction of sp³-hybridized carbons (Fsp3) is 0.500. The van der Waals surface area contributed by atoms with Crippen LogP contribution in [-0.2, 0) is 6.54 Å². The summed E-state index contributed by atoms with van der Waals surface area (Å²) in [5.74, 6) is 0. The van der Waals surface area contributed by atoms with Crippen molar-refractivity contribution in [2.24, 2.45) is 0 Å². The Morgan fingerprint density at radius 3 is 2.57 bits per heavy atom. The molecule has 0 aromatic heterocycles. The Kier molecular flexibility index (Phi) is 5.27. The van der Waals surface area contributed by atoms with Gasteiger partial charge in [-0.15, -0.1) is 0 Å². The first-order valence-electron chi connectivity index (χ1n) is 5.38. The molecule has 0 saturated carbocycles. The zero-order chi connectivity index (χ0) is 10.2. The maximum atomic E-state index is 3.40. The van der Waals surface area contributed by atoms with E-state index in [1.165, 1.54) is 5.56 Å². The van der Waals surface area contributed by atoms with E-state index in [1.54, 1.807) is 0 Å². The third-order valence-corrected chi connectivity index (χ3v) is 2.12. The molecule has 0 bridgehead atoms. The Labute approximate surface area is 86.7 Å². The predicted octanol–water partition coefficient (Wildman–Crippen LogP) is 0.748. The molecule has 2 nitrogen and oxygen atoms in total. The Morgan fingerprint density at radius 1 is 1.21 bits per heavy atom. The van der Waals surface area contributed by atoms with Crippen LogP contribution in [0.2, 0.25) is 0 Å². The molecular weight excluding hydrogens is 172 g/mol. The summed E-state index contributed by atoms with van der Waals surface area (Å²) in [6.07, 6.45) is 0. The SMILES string of the molecule is CC(C)NCC[NH2+]Cc1ccccc1. The lowest BCUT2D eigenvalue weighted by Crippen LogP contribution is -2.84. The average molecular weight is 193 g/mol. The first kappa shape index (κ1) is 11.2.